The zero-order valence-corrected chi connectivity index (χ0v) is 13.3. The normalized spacial score (nSPS) is 21.8. The molecule has 23 heavy (non-hydrogen) atoms. The molecule has 1 aliphatic carbocycles. The van der Waals surface area contributed by atoms with Gasteiger partial charge in [0.25, 0.3) is 0 Å². The van der Waals surface area contributed by atoms with Crippen LogP contribution in [0.1, 0.15) is 47.7 Å². The number of carboxylic acids is 1. The number of carboxylic acid groups (broad SMARTS) is 1. The SMILES string of the molecule is NCC(=O)NC1CCC(c2ccn(S(N)(=O)=O)c2C(=O)O)CC1. The minimum atomic E-state index is -4.16. The van der Waals surface area contributed by atoms with Crippen LogP contribution in [0.15, 0.2) is 12.3 Å². The Morgan fingerprint density at radius 3 is 2.39 bits per heavy atom. The summed E-state index contributed by atoms with van der Waals surface area (Å²) in [7, 11) is -4.16. The van der Waals surface area contributed by atoms with Crippen LogP contribution in [0.25, 0.3) is 0 Å². The average Bonchev–Trinajstić information content (AvgIpc) is 2.93. The number of hydrogen-bond donors (Lipinski definition) is 4. The van der Waals surface area contributed by atoms with Crippen LogP contribution in [-0.2, 0) is 15.0 Å². The molecular formula is C13H20N4O5S. The lowest BCUT2D eigenvalue weighted by Crippen LogP contribution is -2.40. The second-order valence-corrected chi connectivity index (χ2v) is 7.01. The highest BCUT2D eigenvalue weighted by atomic mass is 32.2. The lowest BCUT2D eigenvalue weighted by molar-refractivity contribution is -0.120. The Morgan fingerprint density at radius 2 is 1.91 bits per heavy atom. The molecule has 6 N–H and O–H groups in total. The molecule has 1 amide bonds. The van der Waals surface area contributed by atoms with Crippen LogP contribution in [-0.4, -0.2) is 42.0 Å². The van der Waals surface area contributed by atoms with Crippen LogP contribution < -0.4 is 16.2 Å². The van der Waals surface area contributed by atoms with E-state index in [4.69, 9.17) is 10.9 Å². The van der Waals surface area contributed by atoms with Crippen molar-refractivity contribution < 1.29 is 23.1 Å². The largest absolute Gasteiger partial charge is 0.477 e. The van der Waals surface area contributed by atoms with Crippen molar-refractivity contribution in [1.82, 2.24) is 9.29 Å². The molecule has 0 atom stereocenters. The van der Waals surface area contributed by atoms with Crippen LogP contribution in [0.3, 0.4) is 0 Å². The Bertz CT molecular complexity index is 704. The molecule has 1 aromatic heterocycles. The molecule has 0 spiro atoms. The lowest BCUT2D eigenvalue weighted by atomic mass is 9.81. The van der Waals surface area contributed by atoms with E-state index in [0.717, 1.165) is 6.20 Å². The lowest BCUT2D eigenvalue weighted by Gasteiger charge is -2.29. The average molecular weight is 344 g/mol. The van der Waals surface area contributed by atoms with Crippen LogP contribution in [0.5, 0.6) is 0 Å². The van der Waals surface area contributed by atoms with E-state index in [2.05, 4.69) is 5.32 Å². The van der Waals surface area contributed by atoms with E-state index in [1.54, 1.807) is 0 Å². The Labute approximate surface area is 133 Å². The van der Waals surface area contributed by atoms with Crippen molar-refractivity contribution in [3.8, 4) is 0 Å². The molecule has 0 unspecified atom stereocenters. The summed E-state index contributed by atoms with van der Waals surface area (Å²) in [4.78, 5) is 22.7. The van der Waals surface area contributed by atoms with Crippen molar-refractivity contribution >= 4 is 22.1 Å². The number of nitrogens with zero attached hydrogens (tertiary/aromatic N) is 1. The quantitative estimate of drug-likeness (QED) is 0.555. The molecule has 0 aromatic carbocycles. The monoisotopic (exact) mass is 344 g/mol. The predicted octanol–water partition coefficient (Wildman–Crippen LogP) is -0.661. The minimum Gasteiger partial charge on any atom is -0.477 e. The topological polar surface area (TPSA) is 158 Å². The first kappa shape index (κ1) is 17.4. The molecule has 1 saturated carbocycles. The maximum Gasteiger partial charge on any atom is 0.353 e. The van der Waals surface area contributed by atoms with E-state index < -0.39 is 16.2 Å². The number of hydrogen-bond acceptors (Lipinski definition) is 5. The smallest absolute Gasteiger partial charge is 0.353 e. The third kappa shape index (κ3) is 3.89. The van der Waals surface area contributed by atoms with Crippen molar-refractivity contribution in [3.63, 3.8) is 0 Å². The molecule has 9 nitrogen and oxygen atoms in total. The van der Waals surface area contributed by atoms with Gasteiger partial charge in [-0.3, -0.25) is 4.79 Å². The van der Waals surface area contributed by atoms with Gasteiger partial charge in [-0.2, -0.15) is 8.42 Å². The Hall–Kier alpha value is -1.91. The van der Waals surface area contributed by atoms with Crippen LogP contribution in [0, 0.1) is 0 Å². The molecule has 10 heteroatoms. The zero-order chi connectivity index (χ0) is 17.2. The van der Waals surface area contributed by atoms with Gasteiger partial charge in [0.2, 0.25) is 5.91 Å². The summed E-state index contributed by atoms with van der Waals surface area (Å²) in [5, 5.41) is 17.2. The molecule has 128 valence electrons. The summed E-state index contributed by atoms with van der Waals surface area (Å²) in [6.45, 7) is -0.0691. The number of amides is 1. The van der Waals surface area contributed by atoms with Crippen molar-refractivity contribution in [2.24, 2.45) is 10.9 Å². The summed E-state index contributed by atoms with van der Waals surface area (Å²) in [5.74, 6) is -1.65. The Kier molecular flexibility index (Phi) is 5.07. The molecule has 1 aliphatic rings. The maximum atomic E-state index is 11.5. The van der Waals surface area contributed by atoms with Crippen molar-refractivity contribution in [2.45, 2.75) is 37.6 Å². The fraction of sp³-hybridized carbons (Fsp3) is 0.538. The highest BCUT2D eigenvalue weighted by molar-refractivity contribution is 7.87. The number of carbonyl (C=O) groups is 2. The first-order valence-electron chi connectivity index (χ1n) is 7.21. The zero-order valence-electron chi connectivity index (χ0n) is 12.4. The molecule has 0 aliphatic heterocycles. The van der Waals surface area contributed by atoms with Crippen LogP contribution in [0.2, 0.25) is 0 Å². The molecule has 1 heterocycles. The van der Waals surface area contributed by atoms with E-state index in [1.165, 1.54) is 6.07 Å². The second kappa shape index (κ2) is 6.69. The Balaban J connectivity index is 2.17. The van der Waals surface area contributed by atoms with Gasteiger partial charge in [-0.05, 0) is 43.2 Å². The van der Waals surface area contributed by atoms with Crippen molar-refractivity contribution in [3.05, 3.63) is 23.5 Å². The summed E-state index contributed by atoms with van der Waals surface area (Å²) in [5.41, 5.74) is 5.39. The van der Waals surface area contributed by atoms with Crippen molar-refractivity contribution in [2.75, 3.05) is 6.54 Å². The van der Waals surface area contributed by atoms with E-state index >= 15 is 0 Å². The highest BCUT2D eigenvalue weighted by Gasteiger charge is 2.30. The maximum absolute atomic E-state index is 11.5. The van der Waals surface area contributed by atoms with E-state index in [1.807, 2.05) is 0 Å². The minimum absolute atomic E-state index is 0.0101. The predicted molar refractivity (Wildman–Crippen MR) is 82.1 cm³/mol. The third-order valence-corrected chi connectivity index (χ3v) is 4.93. The molecule has 1 aromatic rings. The van der Waals surface area contributed by atoms with Gasteiger partial charge in [0.1, 0.15) is 5.69 Å². The number of aromatic carboxylic acids is 1. The summed E-state index contributed by atoms with van der Waals surface area (Å²) in [6, 6.07) is 1.49. The molecule has 0 bridgehead atoms. The van der Waals surface area contributed by atoms with Gasteiger partial charge in [0.05, 0.1) is 6.54 Å². The third-order valence-electron chi connectivity index (χ3n) is 4.08. The standard InChI is InChI=1S/C13H20N4O5S/c14-7-11(18)16-9-3-1-8(2-4-9)10-5-6-17(23(15,21)22)12(10)13(19)20/h5-6,8-9H,1-4,7,14H2,(H,16,18)(H,19,20)(H2,15,21,22). The number of aromatic nitrogens is 1. The van der Waals surface area contributed by atoms with Gasteiger partial charge in [-0.25, -0.2) is 13.9 Å². The van der Waals surface area contributed by atoms with Crippen LogP contribution >= 0.6 is 0 Å². The van der Waals surface area contributed by atoms with E-state index in [-0.39, 0.29) is 30.1 Å². The first-order chi connectivity index (χ1) is 10.7. The van der Waals surface area contributed by atoms with Crippen LogP contribution in [0.4, 0.5) is 0 Å². The van der Waals surface area contributed by atoms with Gasteiger partial charge >= 0.3 is 16.2 Å². The van der Waals surface area contributed by atoms with Gasteiger partial charge in [-0.15, -0.1) is 0 Å². The highest BCUT2D eigenvalue weighted by Crippen LogP contribution is 2.35. The molecule has 0 radical (unpaired) electrons. The summed E-state index contributed by atoms with van der Waals surface area (Å²) < 4.78 is 23.5. The Morgan fingerprint density at radius 1 is 1.30 bits per heavy atom. The molecular weight excluding hydrogens is 324 g/mol. The number of nitrogens with two attached hydrogens (primary N) is 2. The molecule has 0 saturated heterocycles. The molecule has 2 rings (SSSR count). The van der Waals surface area contributed by atoms with Gasteiger partial charge < -0.3 is 16.2 Å². The van der Waals surface area contributed by atoms with Gasteiger partial charge in [-0.1, -0.05) is 0 Å². The number of nitrogens with one attached hydrogen (secondary N) is 1. The van der Waals surface area contributed by atoms with Gasteiger partial charge in [0, 0.05) is 12.2 Å². The fourth-order valence-corrected chi connectivity index (χ4v) is 3.69. The summed E-state index contributed by atoms with van der Waals surface area (Å²) in [6.07, 6.45) is 3.80. The van der Waals surface area contributed by atoms with Gasteiger partial charge in [0.15, 0.2) is 0 Å². The van der Waals surface area contributed by atoms with E-state index in [9.17, 15) is 23.1 Å². The first-order valence-corrected chi connectivity index (χ1v) is 8.71. The fourth-order valence-electron chi connectivity index (χ4n) is 3.02. The van der Waals surface area contributed by atoms with E-state index in [0.29, 0.717) is 35.2 Å². The number of carbonyl (C=O) groups excluding carboxylic acids is 1. The number of rotatable bonds is 5. The second-order valence-electron chi connectivity index (χ2n) is 5.59. The molecule has 1 fully saturated rings. The van der Waals surface area contributed by atoms with Crippen molar-refractivity contribution in [1.29, 1.82) is 0 Å². The summed E-state index contributed by atoms with van der Waals surface area (Å²) >= 11 is 0.